The Kier molecular flexibility index (Phi) is 7.88. The molecule has 0 aliphatic carbocycles. The highest BCUT2D eigenvalue weighted by molar-refractivity contribution is 5.98. The summed E-state index contributed by atoms with van der Waals surface area (Å²) in [5.74, 6) is 1.04. The number of hydrogen-bond acceptors (Lipinski definition) is 4. The van der Waals surface area contributed by atoms with Crippen LogP contribution in [0.4, 0.5) is 5.69 Å². The number of para-hydroxylation sites is 2. The predicted octanol–water partition coefficient (Wildman–Crippen LogP) is 4.02. The van der Waals surface area contributed by atoms with Gasteiger partial charge < -0.3 is 19.3 Å². The molecule has 5 nitrogen and oxygen atoms in total. The molecule has 0 N–H and O–H groups in total. The average Bonchev–Trinajstić information content (AvgIpc) is 2.79. The predicted molar refractivity (Wildman–Crippen MR) is 121 cm³/mol. The molecule has 0 spiro atoms. The van der Waals surface area contributed by atoms with Crippen LogP contribution in [0.25, 0.3) is 0 Å². The number of methoxy groups -OCH3 is 2. The van der Waals surface area contributed by atoms with E-state index in [2.05, 4.69) is 42.2 Å². The molecule has 1 aliphatic heterocycles. The Bertz CT molecular complexity index is 811. The first-order valence-electron chi connectivity index (χ1n) is 10.8. The zero-order valence-electron chi connectivity index (χ0n) is 18.6. The van der Waals surface area contributed by atoms with Gasteiger partial charge in [0, 0.05) is 32.8 Å². The third-order valence-corrected chi connectivity index (χ3v) is 6.12. The van der Waals surface area contributed by atoms with Crippen molar-refractivity contribution >= 4 is 11.6 Å². The first-order chi connectivity index (χ1) is 14.5. The van der Waals surface area contributed by atoms with Crippen molar-refractivity contribution in [1.82, 2.24) is 4.90 Å². The molecule has 1 unspecified atom stereocenters. The summed E-state index contributed by atoms with van der Waals surface area (Å²) < 4.78 is 11.0. The minimum atomic E-state index is -0.502. The van der Waals surface area contributed by atoms with E-state index in [1.807, 2.05) is 36.1 Å². The van der Waals surface area contributed by atoms with Crippen molar-refractivity contribution in [3.63, 3.8) is 0 Å². The maximum Gasteiger partial charge on any atom is 0.256 e. The van der Waals surface area contributed by atoms with Gasteiger partial charge in [0.25, 0.3) is 5.91 Å². The number of hydrogen-bond donors (Lipinski definition) is 0. The minimum Gasteiger partial charge on any atom is -0.495 e. The van der Waals surface area contributed by atoms with Gasteiger partial charge in [0.15, 0.2) is 0 Å². The Morgan fingerprint density at radius 1 is 1.13 bits per heavy atom. The number of benzene rings is 2. The molecule has 3 rings (SSSR count). The van der Waals surface area contributed by atoms with Crippen molar-refractivity contribution in [2.24, 2.45) is 5.92 Å². The van der Waals surface area contributed by atoms with E-state index in [0.717, 1.165) is 38.2 Å². The number of anilines is 1. The Labute approximate surface area is 180 Å². The van der Waals surface area contributed by atoms with Gasteiger partial charge in [-0.15, -0.1) is 0 Å². The SMILES string of the molecule is COc1ccccc1N(C(=O)C(C)OC)[C@H]1CCN(CCc2ccccc2)C[C@@H]1C. The number of rotatable bonds is 8. The molecule has 1 saturated heterocycles. The fourth-order valence-corrected chi connectivity index (χ4v) is 4.32. The standard InChI is InChI=1S/C25H34N2O3/c1-19-18-26(16-14-21-10-6-5-7-11-21)17-15-22(19)27(25(28)20(2)29-3)23-12-8-9-13-24(23)30-4/h5-13,19-20,22H,14-18H2,1-4H3/t19-,20?,22-/m0/s1. The summed E-state index contributed by atoms with van der Waals surface area (Å²) in [6.45, 7) is 7.04. The number of carbonyl (C=O) groups is 1. The first-order valence-corrected chi connectivity index (χ1v) is 10.8. The smallest absolute Gasteiger partial charge is 0.256 e. The molecule has 30 heavy (non-hydrogen) atoms. The van der Waals surface area contributed by atoms with Crippen LogP contribution in [0, 0.1) is 5.92 Å². The van der Waals surface area contributed by atoms with Crippen molar-refractivity contribution in [2.45, 2.75) is 38.8 Å². The zero-order chi connectivity index (χ0) is 21.5. The monoisotopic (exact) mass is 410 g/mol. The lowest BCUT2D eigenvalue weighted by molar-refractivity contribution is -0.128. The lowest BCUT2D eigenvalue weighted by Gasteiger charge is -2.43. The van der Waals surface area contributed by atoms with Crippen LogP contribution in [0.1, 0.15) is 25.8 Å². The fraction of sp³-hybridized carbons (Fsp3) is 0.480. The van der Waals surface area contributed by atoms with Crippen LogP contribution in [-0.4, -0.2) is 56.8 Å². The average molecular weight is 411 g/mol. The van der Waals surface area contributed by atoms with Gasteiger partial charge in [-0.25, -0.2) is 0 Å². The first kappa shape index (κ1) is 22.3. The van der Waals surface area contributed by atoms with Crippen molar-refractivity contribution in [1.29, 1.82) is 0 Å². The molecule has 0 saturated carbocycles. The second kappa shape index (κ2) is 10.6. The minimum absolute atomic E-state index is 0.0171. The summed E-state index contributed by atoms with van der Waals surface area (Å²) in [4.78, 5) is 17.7. The third-order valence-electron chi connectivity index (χ3n) is 6.12. The van der Waals surface area contributed by atoms with Crippen molar-refractivity contribution in [3.05, 3.63) is 60.2 Å². The summed E-state index contributed by atoms with van der Waals surface area (Å²) >= 11 is 0. The highest BCUT2D eigenvalue weighted by Gasteiger charge is 2.36. The Morgan fingerprint density at radius 2 is 1.83 bits per heavy atom. The van der Waals surface area contributed by atoms with E-state index in [1.165, 1.54) is 5.56 Å². The van der Waals surface area contributed by atoms with E-state index in [9.17, 15) is 4.79 Å². The summed E-state index contributed by atoms with van der Waals surface area (Å²) in [7, 11) is 3.23. The molecule has 162 valence electrons. The maximum absolute atomic E-state index is 13.3. The summed E-state index contributed by atoms with van der Waals surface area (Å²) in [5.41, 5.74) is 2.19. The topological polar surface area (TPSA) is 42.0 Å². The molecule has 0 bridgehead atoms. The van der Waals surface area contributed by atoms with Crippen LogP contribution in [0.15, 0.2) is 54.6 Å². The molecule has 0 radical (unpaired) electrons. The van der Waals surface area contributed by atoms with Crippen molar-refractivity contribution in [2.75, 3.05) is 38.8 Å². The Hall–Kier alpha value is -2.37. The zero-order valence-corrected chi connectivity index (χ0v) is 18.6. The molecule has 1 fully saturated rings. The number of carbonyl (C=O) groups excluding carboxylic acids is 1. The fourth-order valence-electron chi connectivity index (χ4n) is 4.32. The molecule has 3 atom stereocenters. The van der Waals surface area contributed by atoms with Gasteiger partial charge in [-0.3, -0.25) is 4.79 Å². The van der Waals surface area contributed by atoms with E-state index in [1.54, 1.807) is 14.2 Å². The molecule has 2 aromatic carbocycles. The van der Waals surface area contributed by atoms with E-state index in [-0.39, 0.29) is 11.9 Å². The maximum atomic E-state index is 13.3. The lowest BCUT2D eigenvalue weighted by Crippen LogP contribution is -2.54. The van der Waals surface area contributed by atoms with Gasteiger partial charge in [0.05, 0.1) is 12.8 Å². The van der Waals surface area contributed by atoms with Crippen molar-refractivity contribution in [3.8, 4) is 5.75 Å². The molecular weight excluding hydrogens is 376 g/mol. The Morgan fingerprint density at radius 3 is 2.50 bits per heavy atom. The normalized spacial score (nSPS) is 20.5. The quantitative estimate of drug-likeness (QED) is 0.659. The molecule has 1 heterocycles. The van der Waals surface area contributed by atoms with Crippen LogP contribution in [-0.2, 0) is 16.0 Å². The van der Waals surface area contributed by atoms with Crippen molar-refractivity contribution < 1.29 is 14.3 Å². The second-order valence-corrected chi connectivity index (χ2v) is 8.13. The van der Waals surface area contributed by atoms with Crippen LogP contribution in [0.2, 0.25) is 0 Å². The second-order valence-electron chi connectivity index (χ2n) is 8.13. The summed E-state index contributed by atoms with van der Waals surface area (Å²) in [6, 6.07) is 18.5. The molecule has 2 aromatic rings. The van der Waals surface area contributed by atoms with Crippen LogP contribution >= 0.6 is 0 Å². The van der Waals surface area contributed by atoms with E-state index in [4.69, 9.17) is 9.47 Å². The lowest BCUT2D eigenvalue weighted by atomic mass is 9.91. The highest BCUT2D eigenvalue weighted by Crippen LogP contribution is 2.34. The van der Waals surface area contributed by atoms with Gasteiger partial charge in [0.1, 0.15) is 11.9 Å². The van der Waals surface area contributed by atoms with Gasteiger partial charge in [-0.1, -0.05) is 49.4 Å². The summed E-state index contributed by atoms with van der Waals surface area (Å²) in [6.07, 6.45) is 1.47. The highest BCUT2D eigenvalue weighted by atomic mass is 16.5. The number of nitrogens with zero attached hydrogens (tertiary/aromatic N) is 2. The molecule has 5 heteroatoms. The largest absolute Gasteiger partial charge is 0.495 e. The van der Waals surface area contributed by atoms with Gasteiger partial charge in [-0.2, -0.15) is 0 Å². The molecule has 1 amide bonds. The third kappa shape index (κ3) is 5.21. The number of ether oxygens (including phenoxy) is 2. The van der Waals surface area contributed by atoms with E-state index < -0.39 is 6.10 Å². The van der Waals surface area contributed by atoms with Gasteiger partial charge in [0.2, 0.25) is 0 Å². The number of amides is 1. The van der Waals surface area contributed by atoms with E-state index in [0.29, 0.717) is 11.7 Å². The molecule has 0 aromatic heterocycles. The van der Waals surface area contributed by atoms with Crippen LogP contribution in [0.3, 0.4) is 0 Å². The number of likely N-dealkylation sites (tertiary alicyclic amines) is 1. The Balaban J connectivity index is 1.75. The van der Waals surface area contributed by atoms with Gasteiger partial charge in [-0.05, 0) is 43.4 Å². The summed E-state index contributed by atoms with van der Waals surface area (Å²) in [5, 5.41) is 0. The van der Waals surface area contributed by atoms with Gasteiger partial charge >= 0.3 is 0 Å². The van der Waals surface area contributed by atoms with Crippen LogP contribution in [0.5, 0.6) is 5.75 Å². The molecular formula is C25H34N2O3. The van der Waals surface area contributed by atoms with E-state index >= 15 is 0 Å². The number of piperidine rings is 1. The van der Waals surface area contributed by atoms with Crippen LogP contribution < -0.4 is 9.64 Å². The molecule has 1 aliphatic rings.